The van der Waals surface area contributed by atoms with Crippen molar-refractivity contribution in [3.05, 3.63) is 24.5 Å². The van der Waals surface area contributed by atoms with Crippen molar-refractivity contribution in [1.82, 2.24) is 24.7 Å². The summed E-state index contributed by atoms with van der Waals surface area (Å²) in [4.78, 5) is 12.4. The van der Waals surface area contributed by atoms with E-state index in [1.54, 1.807) is 23.4 Å². The van der Waals surface area contributed by atoms with Gasteiger partial charge in [0.05, 0.1) is 0 Å². The van der Waals surface area contributed by atoms with E-state index in [4.69, 9.17) is 0 Å². The van der Waals surface area contributed by atoms with Gasteiger partial charge in [-0.1, -0.05) is 0 Å². The Bertz CT molecular complexity index is 439. The van der Waals surface area contributed by atoms with Gasteiger partial charge < -0.3 is 0 Å². The van der Waals surface area contributed by atoms with E-state index in [1.807, 2.05) is 13.2 Å². The molecule has 0 spiro atoms. The molecule has 0 atom stereocenters. The summed E-state index contributed by atoms with van der Waals surface area (Å²) < 4.78 is 1.63. The molecule has 6 heteroatoms. The number of thioether (sulfide) groups is 1. The summed E-state index contributed by atoms with van der Waals surface area (Å²) in [6, 6.07) is 0. The van der Waals surface area contributed by atoms with Crippen molar-refractivity contribution < 1.29 is 0 Å². The molecule has 2 rings (SSSR count). The van der Waals surface area contributed by atoms with Crippen LogP contribution in [-0.2, 0) is 0 Å². The standard InChI is InChI=1S/C8H9N5S/c1-6-11-5-13(12-6)7-8(14-2)10-4-3-9-7/h3-5H,1-2H3. The average Bonchev–Trinajstić information content (AvgIpc) is 2.65. The first-order valence-electron chi connectivity index (χ1n) is 4.05. The molecule has 0 saturated carbocycles. The molecule has 72 valence electrons. The van der Waals surface area contributed by atoms with Crippen LogP contribution in [0.15, 0.2) is 23.7 Å². The second kappa shape index (κ2) is 3.75. The Morgan fingerprint density at radius 3 is 2.64 bits per heavy atom. The molecular formula is C8H9N5S. The van der Waals surface area contributed by atoms with Crippen molar-refractivity contribution in [1.29, 1.82) is 0 Å². The van der Waals surface area contributed by atoms with Crippen molar-refractivity contribution in [2.24, 2.45) is 0 Å². The number of aromatic nitrogens is 5. The van der Waals surface area contributed by atoms with Crippen LogP contribution in [0.2, 0.25) is 0 Å². The summed E-state index contributed by atoms with van der Waals surface area (Å²) in [5, 5.41) is 5.02. The molecule has 0 aliphatic heterocycles. The minimum absolute atomic E-state index is 0.723. The van der Waals surface area contributed by atoms with Crippen LogP contribution in [0.3, 0.4) is 0 Å². The largest absolute Gasteiger partial charge is 0.244 e. The van der Waals surface area contributed by atoms with Crippen LogP contribution in [0.5, 0.6) is 0 Å². The van der Waals surface area contributed by atoms with Crippen molar-refractivity contribution in [2.45, 2.75) is 11.9 Å². The third-order valence-electron chi connectivity index (χ3n) is 1.66. The molecule has 0 aliphatic carbocycles. The number of aryl methyl sites for hydroxylation is 1. The normalized spacial score (nSPS) is 10.4. The first-order valence-corrected chi connectivity index (χ1v) is 5.27. The molecule has 2 heterocycles. The Hall–Kier alpha value is -1.43. The maximum absolute atomic E-state index is 4.21. The van der Waals surface area contributed by atoms with Crippen LogP contribution in [-0.4, -0.2) is 31.0 Å². The van der Waals surface area contributed by atoms with Gasteiger partial charge in [0.15, 0.2) is 5.82 Å². The first-order chi connectivity index (χ1) is 6.81. The molecule has 0 aromatic carbocycles. The highest BCUT2D eigenvalue weighted by atomic mass is 32.2. The lowest BCUT2D eigenvalue weighted by Gasteiger charge is -2.02. The third-order valence-corrected chi connectivity index (χ3v) is 2.34. The molecule has 5 nitrogen and oxygen atoms in total. The van der Waals surface area contributed by atoms with E-state index in [1.165, 1.54) is 11.8 Å². The van der Waals surface area contributed by atoms with Crippen LogP contribution >= 0.6 is 11.8 Å². The fourth-order valence-electron chi connectivity index (χ4n) is 1.07. The third kappa shape index (κ3) is 1.60. The van der Waals surface area contributed by atoms with Gasteiger partial charge in [-0.05, 0) is 13.2 Å². The fraction of sp³-hybridized carbons (Fsp3) is 0.250. The SMILES string of the molecule is CSc1nccnc1-n1cnc(C)n1. The lowest BCUT2D eigenvalue weighted by molar-refractivity contribution is 0.792. The Labute approximate surface area is 85.6 Å². The highest BCUT2D eigenvalue weighted by Crippen LogP contribution is 2.17. The Kier molecular flexibility index (Phi) is 2.45. The molecule has 0 bridgehead atoms. The maximum atomic E-state index is 4.21. The summed E-state index contributed by atoms with van der Waals surface area (Å²) >= 11 is 1.54. The van der Waals surface area contributed by atoms with Gasteiger partial charge in [0.25, 0.3) is 0 Å². The van der Waals surface area contributed by atoms with Crippen molar-refractivity contribution in [3.63, 3.8) is 0 Å². The molecule has 0 saturated heterocycles. The van der Waals surface area contributed by atoms with Gasteiger partial charge in [-0.2, -0.15) is 9.78 Å². The van der Waals surface area contributed by atoms with Gasteiger partial charge >= 0.3 is 0 Å². The second-order valence-electron chi connectivity index (χ2n) is 2.63. The van der Waals surface area contributed by atoms with E-state index >= 15 is 0 Å². The Morgan fingerprint density at radius 2 is 2.00 bits per heavy atom. The minimum atomic E-state index is 0.723. The molecule has 14 heavy (non-hydrogen) atoms. The quantitative estimate of drug-likeness (QED) is 0.690. The van der Waals surface area contributed by atoms with Gasteiger partial charge in [-0.3, -0.25) is 0 Å². The lowest BCUT2D eigenvalue weighted by atomic mass is 10.6. The first kappa shape index (κ1) is 9.14. The predicted molar refractivity (Wildman–Crippen MR) is 53.5 cm³/mol. The molecule has 0 aliphatic rings. The molecule has 0 radical (unpaired) electrons. The minimum Gasteiger partial charge on any atom is -0.244 e. The molecule has 2 aromatic rings. The van der Waals surface area contributed by atoms with Gasteiger partial charge in [0.1, 0.15) is 17.2 Å². The smallest absolute Gasteiger partial charge is 0.187 e. The summed E-state index contributed by atoms with van der Waals surface area (Å²) in [6.45, 7) is 1.84. The molecule has 0 unspecified atom stereocenters. The van der Waals surface area contributed by atoms with E-state index < -0.39 is 0 Å². The summed E-state index contributed by atoms with van der Waals surface area (Å²) in [6.07, 6.45) is 6.90. The van der Waals surface area contributed by atoms with E-state index in [-0.39, 0.29) is 0 Å². The van der Waals surface area contributed by atoms with Crippen LogP contribution in [0.1, 0.15) is 5.82 Å². The Morgan fingerprint density at radius 1 is 1.21 bits per heavy atom. The zero-order chi connectivity index (χ0) is 9.97. The van der Waals surface area contributed by atoms with E-state index in [2.05, 4.69) is 20.1 Å². The van der Waals surface area contributed by atoms with Crippen molar-refractivity contribution >= 4 is 11.8 Å². The van der Waals surface area contributed by atoms with Crippen LogP contribution in [0.25, 0.3) is 5.82 Å². The van der Waals surface area contributed by atoms with Gasteiger partial charge in [-0.25, -0.2) is 15.0 Å². The van der Waals surface area contributed by atoms with Crippen LogP contribution in [0, 0.1) is 6.92 Å². The molecule has 0 fully saturated rings. The van der Waals surface area contributed by atoms with E-state index in [0.717, 1.165) is 16.7 Å². The zero-order valence-electron chi connectivity index (χ0n) is 7.88. The summed E-state index contributed by atoms with van der Waals surface area (Å²) in [5.41, 5.74) is 0. The van der Waals surface area contributed by atoms with Gasteiger partial charge in [-0.15, -0.1) is 11.8 Å². The predicted octanol–water partition coefficient (Wildman–Crippen LogP) is 1.09. The maximum Gasteiger partial charge on any atom is 0.187 e. The van der Waals surface area contributed by atoms with E-state index in [0.29, 0.717) is 0 Å². The highest BCUT2D eigenvalue weighted by molar-refractivity contribution is 7.98. The monoisotopic (exact) mass is 207 g/mol. The average molecular weight is 207 g/mol. The fourth-order valence-corrected chi connectivity index (χ4v) is 1.56. The Balaban J connectivity index is 2.50. The number of hydrogen-bond acceptors (Lipinski definition) is 5. The van der Waals surface area contributed by atoms with Crippen molar-refractivity contribution in [2.75, 3.05) is 6.26 Å². The summed E-state index contributed by atoms with van der Waals surface area (Å²) in [5.74, 6) is 1.45. The number of rotatable bonds is 2. The van der Waals surface area contributed by atoms with Crippen LogP contribution < -0.4 is 0 Å². The number of nitrogens with zero attached hydrogens (tertiary/aromatic N) is 5. The molecule has 2 aromatic heterocycles. The lowest BCUT2D eigenvalue weighted by Crippen LogP contribution is -2.01. The highest BCUT2D eigenvalue weighted by Gasteiger charge is 2.07. The second-order valence-corrected chi connectivity index (χ2v) is 3.42. The van der Waals surface area contributed by atoms with Gasteiger partial charge in [0.2, 0.25) is 0 Å². The van der Waals surface area contributed by atoms with Gasteiger partial charge in [0, 0.05) is 12.4 Å². The topological polar surface area (TPSA) is 56.5 Å². The van der Waals surface area contributed by atoms with Crippen molar-refractivity contribution in [3.8, 4) is 5.82 Å². The molecule has 0 amide bonds. The summed E-state index contributed by atoms with van der Waals surface area (Å²) in [7, 11) is 0. The molecule has 0 N–H and O–H groups in total. The zero-order valence-corrected chi connectivity index (χ0v) is 8.69. The number of hydrogen-bond donors (Lipinski definition) is 0. The molecular weight excluding hydrogens is 198 g/mol. The van der Waals surface area contributed by atoms with E-state index in [9.17, 15) is 0 Å². The van der Waals surface area contributed by atoms with Crippen LogP contribution in [0.4, 0.5) is 0 Å².